The third-order valence-corrected chi connectivity index (χ3v) is 8.29. The Morgan fingerprint density at radius 2 is 1.76 bits per heavy atom. The molecule has 0 aliphatic carbocycles. The first-order valence-electron chi connectivity index (χ1n) is 11.2. The maximum Gasteiger partial charge on any atom is 0.243 e. The molecule has 2 amide bonds. The molecule has 2 heterocycles. The normalized spacial score (nSPS) is 17.5. The molecule has 0 atom stereocenters. The summed E-state index contributed by atoms with van der Waals surface area (Å²) in [6.45, 7) is 3.01. The van der Waals surface area contributed by atoms with Crippen LogP contribution in [0.2, 0.25) is 0 Å². The lowest BCUT2D eigenvalue weighted by Gasteiger charge is -2.32. The Morgan fingerprint density at radius 3 is 2.42 bits per heavy atom. The van der Waals surface area contributed by atoms with E-state index in [2.05, 4.69) is 5.32 Å². The molecule has 0 bridgehead atoms. The second-order valence-electron chi connectivity index (χ2n) is 8.59. The molecule has 1 saturated heterocycles. The van der Waals surface area contributed by atoms with Crippen LogP contribution in [0, 0.1) is 11.7 Å². The monoisotopic (exact) mass is 473 g/mol. The van der Waals surface area contributed by atoms with Crippen molar-refractivity contribution in [3.05, 3.63) is 59.4 Å². The fourth-order valence-electron chi connectivity index (χ4n) is 4.50. The molecular formula is C24H28FN3O4S. The number of rotatable bonds is 5. The van der Waals surface area contributed by atoms with Gasteiger partial charge < -0.3 is 10.2 Å². The number of hydrogen-bond acceptors (Lipinski definition) is 4. The molecule has 7 nitrogen and oxygen atoms in total. The summed E-state index contributed by atoms with van der Waals surface area (Å²) in [5, 5.41) is 2.86. The number of hydrogen-bond donors (Lipinski definition) is 1. The summed E-state index contributed by atoms with van der Waals surface area (Å²) >= 11 is 0. The van der Waals surface area contributed by atoms with Crippen molar-refractivity contribution in [2.24, 2.45) is 5.92 Å². The van der Waals surface area contributed by atoms with E-state index in [0.717, 1.165) is 29.7 Å². The number of carbonyl (C=O) groups excluding carboxylic acids is 2. The number of benzene rings is 2. The van der Waals surface area contributed by atoms with Gasteiger partial charge in [-0.2, -0.15) is 4.31 Å². The molecule has 0 spiro atoms. The van der Waals surface area contributed by atoms with Gasteiger partial charge in [0.1, 0.15) is 5.82 Å². The number of halogens is 1. The van der Waals surface area contributed by atoms with Gasteiger partial charge in [-0.3, -0.25) is 9.59 Å². The Hall–Kier alpha value is -2.78. The van der Waals surface area contributed by atoms with Crippen molar-refractivity contribution in [2.75, 3.05) is 24.5 Å². The lowest BCUT2D eigenvalue weighted by atomic mass is 9.97. The fourth-order valence-corrected chi connectivity index (χ4v) is 6.03. The third kappa shape index (κ3) is 5.09. The Morgan fingerprint density at radius 1 is 1.06 bits per heavy atom. The first kappa shape index (κ1) is 23.4. The van der Waals surface area contributed by atoms with E-state index in [0.29, 0.717) is 25.9 Å². The van der Waals surface area contributed by atoms with E-state index in [4.69, 9.17) is 0 Å². The second-order valence-corrected chi connectivity index (χ2v) is 10.5. The van der Waals surface area contributed by atoms with Crippen molar-refractivity contribution >= 4 is 27.5 Å². The van der Waals surface area contributed by atoms with Crippen LogP contribution in [0.5, 0.6) is 0 Å². The van der Waals surface area contributed by atoms with Crippen molar-refractivity contribution in [1.82, 2.24) is 9.62 Å². The van der Waals surface area contributed by atoms with Crippen LogP contribution in [0.1, 0.15) is 37.3 Å². The molecule has 176 valence electrons. The Bertz CT molecular complexity index is 1140. The lowest BCUT2D eigenvalue weighted by molar-refractivity contribution is -0.126. The first-order valence-corrected chi connectivity index (χ1v) is 12.6. The molecular weight excluding hydrogens is 445 g/mol. The van der Waals surface area contributed by atoms with Gasteiger partial charge in [-0.25, -0.2) is 12.8 Å². The average molecular weight is 474 g/mol. The minimum atomic E-state index is -3.68. The van der Waals surface area contributed by atoms with Crippen LogP contribution in [0.25, 0.3) is 0 Å². The molecule has 2 aliphatic rings. The van der Waals surface area contributed by atoms with Gasteiger partial charge in [-0.05, 0) is 67.1 Å². The van der Waals surface area contributed by atoms with Crippen molar-refractivity contribution in [2.45, 2.75) is 44.0 Å². The number of nitrogens with zero attached hydrogens (tertiary/aromatic N) is 2. The van der Waals surface area contributed by atoms with Gasteiger partial charge >= 0.3 is 0 Å². The predicted octanol–water partition coefficient (Wildman–Crippen LogP) is 2.84. The van der Waals surface area contributed by atoms with Crippen LogP contribution in [0.3, 0.4) is 0 Å². The molecule has 2 aromatic rings. The zero-order valence-corrected chi connectivity index (χ0v) is 19.4. The third-order valence-electron chi connectivity index (χ3n) is 6.39. The maximum absolute atomic E-state index is 13.2. The summed E-state index contributed by atoms with van der Waals surface area (Å²) < 4.78 is 40.9. The fraction of sp³-hybridized carbons (Fsp3) is 0.417. The van der Waals surface area contributed by atoms with E-state index in [1.807, 2.05) is 0 Å². The van der Waals surface area contributed by atoms with Crippen LogP contribution in [-0.2, 0) is 32.6 Å². The summed E-state index contributed by atoms with van der Waals surface area (Å²) in [6.07, 6.45) is 2.42. The predicted molar refractivity (Wildman–Crippen MR) is 123 cm³/mol. The quantitative estimate of drug-likeness (QED) is 0.724. The van der Waals surface area contributed by atoms with Crippen LogP contribution in [-0.4, -0.2) is 44.2 Å². The van der Waals surface area contributed by atoms with Gasteiger partial charge in [-0.1, -0.05) is 12.1 Å². The Kier molecular flexibility index (Phi) is 6.81. The Balaban J connectivity index is 1.37. The highest BCUT2D eigenvalue weighted by atomic mass is 32.2. The topological polar surface area (TPSA) is 86.8 Å². The van der Waals surface area contributed by atoms with Crippen LogP contribution >= 0.6 is 0 Å². The molecule has 4 rings (SSSR count). The van der Waals surface area contributed by atoms with Gasteiger partial charge in [0.15, 0.2) is 0 Å². The lowest BCUT2D eigenvalue weighted by Crippen LogP contribution is -2.43. The largest absolute Gasteiger partial charge is 0.352 e. The zero-order valence-electron chi connectivity index (χ0n) is 18.6. The van der Waals surface area contributed by atoms with Gasteiger partial charge in [0.25, 0.3) is 0 Å². The van der Waals surface area contributed by atoms with E-state index in [-0.39, 0.29) is 41.5 Å². The number of carbonyl (C=O) groups is 2. The standard InChI is InChI=1S/C24H28FN3O4S/c1-17(29)28-12-2-3-20-15-22(8-9-23(20)28)33(31,32)27-13-10-19(11-14-27)24(30)26-16-18-4-6-21(25)7-5-18/h4-9,15,19H,2-3,10-14,16H2,1H3,(H,26,30). The summed E-state index contributed by atoms with van der Waals surface area (Å²) in [5.41, 5.74) is 2.46. The average Bonchev–Trinajstić information content (AvgIpc) is 2.82. The number of fused-ring (bicyclic) bond motifs is 1. The SMILES string of the molecule is CC(=O)N1CCCc2cc(S(=O)(=O)N3CCC(C(=O)NCc4ccc(F)cc4)CC3)ccc21. The number of amides is 2. The molecule has 9 heteroatoms. The zero-order chi connectivity index (χ0) is 23.6. The van der Waals surface area contributed by atoms with Crippen molar-refractivity contribution < 1.29 is 22.4 Å². The van der Waals surface area contributed by atoms with Gasteiger partial charge in [-0.15, -0.1) is 0 Å². The minimum Gasteiger partial charge on any atom is -0.352 e. The smallest absolute Gasteiger partial charge is 0.243 e. The van der Waals surface area contributed by atoms with Crippen LogP contribution < -0.4 is 10.2 Å². The molecule has 33 heavy (non-hydrogen) atoms. The molecule has 1 N–H and O–H groups in total. The number of piperidine rings is 1. The number of aryl methyl sites for hydroxylation is 1. The van der Waals surface area contributed by atoms with E-state index < -0.39 is 10.0 Å². The summed E-state index contributed by atoms with van der Waals surface area (Å²) in [5.74, 6) is -0.751. The molecule has 0 saturated carbocycles. The number of sulfonamides is 1. The van der Waals surface area contributed by atoms with E-state index in [9.17, 15) is 22.4 Å². The van der Waals surface area contributed by atoms with Gasteiger partial charge in [0.2, 0.25) is 21.8 Å². The van der Waals surface area contributed by atoms with Crippen molar-refractivity contribution in [3.8, 4) is 0 Å². The maximum atomic E-state index is 13.2. The van der Waals surface area contributed by atoms with Crippen molar-refractivity contribution in [3.63, 3.8) is 0 Å². The minimum absolute atomic E-state index is 0.0497. The van der Waals surface area contributed by atoms with Gasteiger partial charge in [0, 0.05) is 44.7 Å². The van der Waals surface area contributed by atoms with E-state index in [1.54, 1.807) is 35.2 Å². The molecule has 0 radical (unpaired) electrons. The highest BCUT2D eigenvalue weighted by molar-refractivity contribution is 7.89. The molecule has 2 aromatic carbocycles. The van der Waals surface area contributed by atoms with Gasteiger partial charge in [0.05, 0.1) is 4.90 Å². The summed E-state index contributed by atoms with van der Waals surface area (Å²) in [6, 6.07) is 10.9. The molecule has 1 fully saturated rings. The molecule has 2 aliphatic heterocycles. The summed E-state index contributed by atoms with van der Waals surface area (Å²) in [7, 11) is -3.68. The highest BCUT2D eigenvalue weighted by Crippen LogP contribution is 2.31. The number of nitrogens with one attached hydrogen (secondary N) is 1. The first-order chi connectivity index (χ1) is 15.8. The van der Waals surface area contributed by atoms with E-state index in [1.165, 1.54) is 23.4 Å². The highest BCUT2D eigenvalue weighted by Gasteiger charge is 2.33. The van der Waals surface area contributed by atoms with E-state index >= 15 is 0 Å². The number of anilines is 1. The second kappa shape index (κ2) is 9.61. The van der Waals surface area contributed by atoms with Crippen LogP contribution in [0.4, 0.5) is 10.1 Å². The van der Waals surface area contributed by atoms with Crippen LogP contribution in [0.15, 0.2) is 47.4 Å². The van der Waals surface area contributed by atoms with Crippen molar-refractivity contribution in [1.29, 1.82) is 0 Å². The Labute approximate surface area is 193 Å². The molecule has 0 unspecified atom stereocenters. The summed E-state index contributed by atoms with van der Waals surface area (Å²) in [4.78, 5) is 26.3. The molecule has 0 aromatic heterocycles.